The zero-order valence-electron chi connectivity index (χ0n) is 15.2. The Morgan fingerprint density at radius 3 is 1.54 bits per heavy atom. The molecule has 26 heavy (non-hydrogen) atoms. The van der Waals surface area contributed by atoms with Crippen molar-refractivity contribution in [1.82, 2.24) is 0 Å². The molecule has 0 bridgehead atoms. The third-order valence-corrected chi connectivity index (χ3v) is 6.63. The topological polar surface area (TPSA) is 0 Å². The van der Waals surface area contributed by atoms with Crippen LogP contribution in [0.3, 0.4) is 0 Å². The zero-order valence-corrected chi connectivity index (χ0v) is 15.2. The van der Waals surface area contributed by atoms with E-state index in [4.69, 9.17) is 0 Å². The molecule has 128 valence electrons. The van der Waals surface area contributed by atoms with Crippen LogP contribution in [-0.2, 0) is 0 Å². The van der Waals surface area contributed by atoms with Crippen LogP contribution in [-0.4, -0.2) is 0 Å². The van der Waals surface area contributed by atoms with E-state index in [0.717, 1.165) is 6.42 Å². The van der Waals surface area contributed by atoms with E-state index < -0.39 is 0 Å². The molecule has 5 rings (SSSR count). The van der Waals surface area contributed by atoms with E-state index >= 15 is 0 Å². The molecule has 0 fully saturated rings. The molecule has 0 saturated heterocycles. The second-order valence-electron chi connectivity index (χ2n) is 8.03. The zero-order chi connectivity index (χ0) is 17.6. The highest BCUT2D eigenvalue weighted by Gasteiger charge is 2.42. The molecule has 0 heteroatoms. The van der Waals surface area contributed by atoms with E-state index in [9.17, 15) is 0 Å². The molecule has 0 aliphatic heterocycles. The minimum Gasteiger partial charge on any atom is -0.0770 e. The first-order chi connectivity index (χ1) is 12.8. The highest BCUT2D eigenvalue weighted by molar-refractivity contribution is 5.78. The van der Waals surface area contributed by atoms with Gasteiger partial charge in [-0.2, -0.15) is 0 Å². The highest BCUT2D eigenvalue weighted by Crippen LogP contribution is 2.54. The molecular formula is C26H24. The highest BCUT2D eigenvalue weighted by atomic mass is 14.5. The van der Waals surface area contributed by atoms with Crippen molar-refractivity contribution in [1.29, 1.82) is 0 Å². The number of allylic oxidation sites excluding steroid dienone is 8. The van der Waals surface area contributed by atoms with Gasteiger partial charge in [-0.3, -0.25) is 0 Å². The molecule has 0 heterocycles. The maximum atomic E-state index is 2.48. The summed E-state index contributed by atoms with van der Waals surface area (Å²) in [6, 6.07) is 18.0. The lowest BCUT2D eigenvalue weighted by molar-refractivity contribution is 0.190. The lowest BCUT2D eigenvalue weighted by atomic mass is 9.63. The van der Waals surface area contributed by atoms with Crippen molar-refractivity contribution in [2.24, 2.45) is 17.3 Å². The fourth-order valence-corrected chi connectivity index (χ4v) is 5.16. The monoisotopic (exact) mass is 336 g/mol. The van der Waals surface area contributed by atoms with Gasteiger partial charge in [0.15, 0.2) is 0 Å². The maximum Gasteiger partial charge on any atom is 0.0107 e. The predicted molar refractivity (Wildman–Crippen MR) is 110 cm³/mol. The first-order valence-electron chi connectivity index (χ1n) is 9.65. The summed E-state index contributed by atoms with van der Waals surface area (Å²) in [5.74, 6) is 1.44. The van der Waals surface area contributed by atoms with Crippen LogP contribution in [0.15, 0.2) is 97.1 Å². The lowest BCUT2D eigenvalue weighted by Crippen LogP contribution is -2.33. The van der Waals surface area contributed by atoms with Crippen LogP contribution < -0.4 is 0 Å². The van der Waals surface area contributed by atoms with Gasteiger partial charge in [-0.05, 0) is 34.1 Å². The molecule has 0 aromatic heterocycles. The van der Waals surface area contributed by atoms with Gasteiger partial charge in [0.25, 0.3) is 0 Å². The minimum absolute atomic E-state index is 0.169. The molecule has 0 nitrogen and oxygen atoms in total. The van der Waals surface area contributed by atoms with E-state index in [1.807, 2.05) is 0 Å². The summed E-state index contributed by atoms with van der Waals surface area (Å²) in [7, 11) is 0. The summed E-state index contributed by atoms with van der Waals surface area (Å²) in [5.41, 5.74) is 6.01. The summed E-state index contributed by atoms with van der Waals surface area (Å²) in [5, 5.41) is 0. The lowest BCUT2D eigenvalue weighted by Gasteiger charge is -2.40. The van der Waals surface area contributed by atoms with E-state index in [1.165, 1.54) is 22.3 Å². The molecule has 0 saturated carbocycles. The second kappa shape index (κ2) is 5.99. The van der Waals surface area contributed by atoms with Crippen LogP contribution in [0, 0.1) is 17.3 Å². The Hall–Kier alpha value is -2.60. The maximum absolute atomic E-state index is 2.48. The van der Waals surface area contributed by atoms with Crippen molar-refractivity contribution in [3.63, 3.8) is 0 Å². The van der Waals surface area contributed by atoms with Crippen molar-refractivity contribution in [3.8, 4) is 11.1 Å². The second-order valence-corrected chi connectivity index (χ2v) is 8.03. The van der Waals surface area contributed by atoms with E-state index in [1.54, 1.807) is 0 Å². The molecular weight excluding hydrogens is 312 g/mol. The van der Waals surface area contributed by atoms with Gasteiger partial charge < -0.3 is 0 Å². The van der Waals surface area contributed by atoms with E-state index in [0.29, 0.717) is 17.8 Å². The fraction of sp³-hybridized carbons (Fsp3) is 0.231. The average molecular weight is 336 g/mol. The Balaban J connectivity index is 1.60. The Labute approximate surface area is 156 Å². The molecule has 0 radical (unpaired) electrons. The minimum atomic E-state index is 0.169. The molecule has 0 unspecified atom stereocenters. The van der Waals surface area contributed by atoms with E-state index in [2.05, 4.69) is 104 Å². The summed E-state index contributed by atoms with van der Waals surface area (Å²) in [6.45, 7) is 2.48. The standard InChI is InChI=1S/C26H24/c1-26(19-10-2-3-11-19,20-12-4-5-13-20)18-25-23-16-8-6-14-21(23)22-15-7-9-17-24(22)25/h2-17,19-20,25H,18H2,1H3. The Morgan fingerprint density at radius 1 is 0.654 bits per heavy atom. The van der Waals surface area contributed by atoms with Gasteiger partial charge >= 0.3 is 0 Å². The van der Waals surface area contributed by atoms with Crippen LogP contribution in [0.1, 0.15) is 30.4 Å². The van der Waals surface area contributed by atoms with Gasteiger partial charge in [-0.25, -0.2) is 0 Å². The first-order valence-corrected chi connectivity index (χ1v) is 9.65. The molecule has 0 atom stereocenters. The fourth-order valence-electron chi connectivity index (χ4n) is 5.16. The molecule has 3 aliphatic rings. The van der Waals surface area contributed by atoms with E-state index in [-0.39, 0.29) is 5.41 Å². The SMILES string of the molecule is CC(CC1c2ccccc2-c2ccccc21)(C1C=CC=C1)C1C=CC=C1. The normalized spacial score (nSPS) is 18.8. The summed E-state index contributed by atoms with van der Waals surface area (Å²) in [4.78, 5) is 0. The smallest absolute Gasteiger partial charge is 0.0107 e. The van der Waals surface area contributed by atoms with Gasteiger partial charge in [0.05, 0.1) is 0 Å². The quantitative estimate of drug-likeness (QED) is 0.584. The van der Waals surface area contributed by atoms with Crippen molar-refractivity contribution < 1.29 is 0 Å². The van der Waals surface area contributed by atoms with Crippen molar-refractivity contribution in [3.05, 3.63) is 108 Å². The Morgan fingerprint density at radius 2 is 1.08 bits per heavy atom. The number of hydrogen-bond donors (Lipinski definition) is 0. The van der Waals surface area contributed by atoms with Gasteiger partial charge in [0.1, 0.15) is 0 Å². The Kier molecular flexibility index (Phi) is 3.60. The van der Waals surface area contributed by atoms with Crippen LogP contribution in [0.25, 0.3) is 11.1 Å². The van der Waals surface area contributed by atoms with Crippen molar-refractivity contribution >= 4 is 0 Å². The van der Waals surface area contributed by atoms with Crippen molar-refractivity contribution in [2.45, 2.75) is 19.3 Å². The number of hydrogen-bond acceptors (Lipinski definition) is 0. The van der Waals surface area contributed by atoms with Gasteiger partial charge in [0, 0.05) is 17.8 Å². The van der Waals surface area contributed by atoms with Crippen LogP contribution in [0.4, 0.5) is 0 Å². The summed E-state index contributed by atoms with van der Waals surface area (Å²) in [6.07, 6.45) is 19.5. The van der Waals surface area contributed by atoms with Crippen LogP contribution >= 0.6 is 0 Å². The molecule has 0 amide bonds. The summed E-state index contributed by atoms with van der Waals surface area (Å²) < 4.78 is 0. The summed E-state index contributed by atoms with van der Waals surface area (Å²) >= 11 is 0. The molecule has 0 N–H and O–H groups in total. The predicted octanol–water partition coefficient (Wildman–Crippen LogP) is 6.68. The number of rotatable bonds is 4. The van der Waals surface area contributed by atoms with Gasteiger partial charge in [0.2, 0.25) is 0 Å². The van der Waals surface area contributed by atoms with Crippen molar-refractivity contribution in [2.75, 3.05) is 0 Å². The third-order valence-electron chi connectivity index (χ3n) is 6.63. The number of benzene rings is 2. The van der Waals surface area contributed by atoms with Crippen LogP contribution in [0.2, 0.25) is 0 Å². The molecule has 3 aliphatic carbocycles. The largest absolute Gasteiger partial charge is 0.0770 e. The number of fused-ring (bicyclic) bond motifs is 3. The molecule has 2 aromatic carbocycles. The first kappa shape index (κ1) is 15.6. The third kappa shape index (κ3) is 2.29. The average Bonchev–Trinajstić information content (AvgIpc) is 3.44. The van der Waals surface area contributed by atoms with Crippen LogP contribution in [0.5, 0.6) is 0 Å². The molecule has 2 aromatic rings. The molecule has 0 spiro atoms. The van der Waals surface area contributed by atoms with Gasteiger partial charge in [-0.1, -0.05) is 104 Å². The van der Waals surface area contributed by atoms with Gasteiger partial charge in [-0.15, -0.1) is 0 Å². The Bertz CT molecular complexity index is 856.